The number of anilines is 4. The Kier molecular flexibility index (Phi) is 4.32. The minimum Gasteiger partial charge on any atom is -0.486 e. The molecular formula is C22H19N5O2. The van der Waals surface area contributed by atoms with Gasteiger partial charge in [0.1, 0.15) is 19.0 Å². The zero-order valence-electron chi connectivity index (χ0n) is 15.8. The van der Waals surface area contributed by atoms with E-state index in [4.69, 9.17) is 9.47 Å². The minimum atomic E-state index is 0.498. The molecule has 29 heavy (non-hydrogen) atoms. The molecule has 7 heteroatoms. The van der Waals surface area contributed by atoms with Gasteiger partial charge in [-0.1, -0.05) is 18.2 Å². The highest BCUT2D eigenvalue weighted by molar-refractivity contribution is 5.91. The molecule has 2 N–H and O–H groups in total. The highest BCUT2D eigenvalue weighted by atomic mass is 16.6. The summed E-state index contributed by atoms with van der Waals surface area (Å²) >= 11 is 0. The smallest absolute Gasteiger partial charge is 0.229 e. The van der Waals surface area contributed by atoms with E-state index in [-0.39, 0.29) is 0 Å². The van der Waals surface area contributed by atoms with E-state index in [2.05, 4.69) is 25.6 Å². The van der Waals surface area contributed by atoms with Gasteiger partial charge in [-0.15, -0.1) is 0 Å². The third-order valence-corrected chi connectivity index (χ3v) is 4.55. The summed E-state index contributed by atoms with van der Waals surface area (Å²) in [5.41, 5.74) is 3.47. The highest BCUT2D eigenvalue weighted by Crippen LogP contribution is 2.33. The summed E-state index contributed by atoms with van der Waals surface area (Å²) in [5.74, 6) is 2.65. The van der Waals surface area contributed by atoms with E-state index in [0.29, 0.717) is 30.7 Å². The topological polar surface area (TPSA) is 81.2 Å². The lowest BCUT2D eigenvalue weighted by atomic mass is 10.2. The molecule has 0 unspecified atom stereocenters. The zero-order valence-corrected chi connectivity index (χ0v) is 15.8. The van der Waals surface area contributed by atoms with Crippen LogP contribution in [0.3, 0.4) is 0 Å². The van der Waals surface area contributed by atoms with Crippen molar-refractivity contribution in [3.63, 3.8) is 0 Å². The average molecular weight is 385 g/mol. The number of rotatable bonds is 4. The van der Waals surface area contributed by atoms with Gasteiger partial charge in [0.05, 0.1) is 11.2 Å². The first-order valence-corrected chi connectivity index (χ1v) is 9.38. The molecule has 5 rings (SSSR count). The van der Waals surface area contributed by atoms with Gasteiger partial charge < -0.3 is 20.1 Å². The minimum absolute atomic E-state index is 0.498. The maximum Gasteiger partial charge on any atom is 0.229 e. The summed E-state index contributed by atoms with van der Waals surface area (Å²) in [5, 5.41) is 7.68. The molecule has 4 aromatic rings. The quantitative estimate of drug-likeness (QED) is 0.532. The van der Waals surface area contributed by atoms with Crippen molar-refractivity contribution < 1.29 is 9.47 Å². The number of nitrogens with zero attached hydrogens (tertiary/aromatic N) is 3. The summed E-state index contributed by atoms with van der Waals surface area (Å²) in [6.45, 7) is 3.05. The molecule has 0 amide bonds. The molecule has 1 aliphatic rings. The van der Waals surface area contributed by atoms with Gasteiger partial charge in [0.15, 0.2) is 11.5 Å². The lowest BCUT2D eigenvalue weighted by Gasteiger charge is -2.19. The van der Waals surface area contributed by atoms with Crippen LogP contribution in [0.4, 0.5) is 23.1 Å². The van der Waals surface area contributed by atoms with Crippen LogP contribution in [0.2, 0.25) is 0 Å². The standard InChI is InChI=1S/C22H19N5O2/c1-14-12-20(26-17-6-2-4-15-5-3-9-23-21(15)17)27-22(24-14)25-16-7-8-18-19(13-16)29-11-10-28-18/h2-9,12-13H,10-11H2,1H3,(H2,24,25,26,27). The molecule has 3 heterocycles. The van der Waals surface area contributed by atoms with Crippen molar-refractivity contribution in [1.29, 1.82) is 0 Å². The van der Waals surface area contributed by atoms with Crippen molar-refractivity contribution in [3.8, 4) is 11.5 Å². The number of para-hydroxylation sites is 1. The molecule has 2 aromatic heterocycles. The number of aromatic nitrogens is 3. The maximum atomic E-state index is 5.64. The molecule has 7 nitrogen and oxygen atoms in total. The number of benzene rings is 2. The van der Waals surface area contributed by atoms with Crippen LogP contribution in [-0.2, 0) is 0 Å². The average Bonchev–Trinajstić information content (AvgIpc) is 2.73. The monoisotopic (exact) mass is 385 g/mol. The van der Waals surface area contributed by atoms with E-state index in [0.717, 1.165) is 33.7 Å². The number of aryl methyl sites for hydroxylation is 1. The number of fused-ring (bicyclic) bond motifs is 2. The van der Waals surface area contributed by atoms with Crippen LogP contribution in [0, 0.1) is 6.92 Å². The van der Waals surface area contributed by atoms with E-state index in [1.165, 1.54) is 0 Å². The van der Waals surface area contributed by atoms with Crippen LogP contribution in [0.25, 0.3) is 10.9 Å². The molecule has 0 radical (unpaired) electrons. The number of hydrogen-bond donors (Lipinski definition) is 2. The molecule has 2 aromatic carbocycles. The van der Waals surface area contributed by atoms with E-state index in [1.54, 1.807) is 6.20 Å². The molecule has 1 aliphatic heterocycles. The maximum absolute atomic E-state index is 5.64. The SMILES string of the molecule is Cc1cc(Nc2cccc3cccnc23)nc(Nc2ccc3c(c2)OCCO3)n1. The van der Waals surface area contributed by atoms with Crippen LogP contribution < -0.4 is 20.1 Å². The Bertz CT molecular complexity index is 1190. The molecule has 0 atom stereocenters. The highest BCUT2D eigenvalue weighted by Gasteiger charge is 2.13. The second-order valence-corrected chi connectivity index (χ2v) is 6.71. The molecule has 0 bridgehead atoms. The van der Waals surface area contributed by atoms with Gasteiger partial charge in [-0.3, -0.25) is 4.98 Å². The van der Waals surface area contributed by atoms with Crippen LogP contribution >= 0.6 is 0 Å². The van der Waals surface area contributed by atoms with Crippen LogP contribution in [0.15, 0.2) is 60.8 Å². The van der Waals surface area contributed by atoms with Gasteiger partial charge in [-0.2, -0.15) is 4.98 Å². The fourth-order valence-corrected chi connectivity index (χ4v) is 3.28. The van der Waals surface area contributed by atoms with E-state index >= 15 is 0 Å². The number of hydrogen-bond acceptors (Lipinski definition) is 7. The van der Waals surface area contributed by atoms with Crippen LogP contribution in [0.1, 0.15) is 5.69 Å². The zero-order chi connectivity index (χ0) is 19.6. The van der Waals surface area contributed by atoms with E-state index in [9.17, 15) is 0 Å². The normalized spacial score (nSPS) is 12.6. The van der Waals surface area contributed by atoms with Crippen molar-refractivity contribution in [2.75, 3.05) is 23.8 Å². The fourth-order valence-electron chi connectivity index (χ4n) is 3.28. The van der Waals surface area contributed by atoms with Gasteiger partial charge in [0.2, 0.25) is 5.95 Å². The van der Waals surface area contributed by atoms with Gasteiger partial charge in [0, 0.05) is 35.1 Å². The summed E-state index contributed by atoms with van der Waals surface area (Å²) in [6, 6.07) is 17.6. The molecule has 0 saturated heterocycles. The number of nitrogens with one attached hydrogen (secondary N) is 2. The van der Waals surface area contributed by atoms with Crippen molar-refractivity contribution in [2.24, 2.45) is 0 Å². The summed E-state index contributed by atoms with van der Waals surface area (Å²) in [4.78, 5) is 13.6. The van der Waals surface area contributed by atoms with Crippen molar-refractivity contribution >= 4 is 34.0 Å². The summed E-state index contributed by atoms with van der Waals surface area (Å²) in [7, 11) is 0. The Hall–Kier alpha value is -3.87. The Morgan fingerprint density at radius 3 is 2.66 bits per heavy atom. The summed E-state index contributed by atoms with van der Waals surface area (Å²) < 4.78 is 11.2. The first-order chi connectivity index (χ1) is 14.2. The molecule has 0 fully saturated rings. The first kappa shape index (κ1) is 17.2. The molecule has 0 saturated carbocycles. The molecule has 144 valence electrons. The van der Waals surface area contributed by atoms with Crippen LogP contribution in [-0.4, -0.2) is 28.2 Å². The number of pyridine rings is 1. The van der Waals surface area contributed by atoms with Gasteiger partial charge in [-0.05, 0) is 31.2 Å². The van der Waals surface area contributed by atoms with Crippen LogP contribution in [0.5, 0.6) is 11.5 Å². The first-order valence-electron chi connectivity index (χ1n) is 9.38. The van der Waals surface area contributed by atoms with E-state index in [1.807, 2.05) is 61.5 Å². The molecule has 0 aliphatic carbocycles. The van der Waals surface area contributed by atoms with Gasteiger partial charge in [-0.25, -0.2) is 4.98 Å². The third kappa shape index (κ3) is 3.62. The third-order valence-electron chi connectivity index (χ3n) is 4.55. The Morgan fingerprint density at radius 1 is 0.862 bits per heavy atom. The van der Waals surface area contributed by atoms with Crippen molar-refractivity contribution in [3.05, 3.63) is 66.5 Å². The van der Waals surface area contributed by atoms with Crippen molar-refractivity contribution in [1.82, 2.24) is 15.0 Å². The number of ether oxygens (including phenoxy) is 2. The predicted molar refractivity (Wildman–Crippen MR) is 113 cm³/mol. The largest absolute Gasteiger partial charge is 0.486 e. The Balaban J connectivity index is 1.43. The molecule has 0 spiro atoms. The van der Waals surface area contributed by atoms with Gasteiger partial charge in [0.25, 0.3) is 0 Å². The lowest BCUT2D eigenvalue weighted by molar-refractivity contribution is 0.171. The fraction of sp³-hybridized carbons (Fsp3) is 0.136. The summed E-state index contributed by atoms with van der Waals surface area (Å²) in [6.07, 6.45) is 1.79. The molecular weight excluding hydrogens is 366 g/mol. The second kappa shape index (κ2) is 7.27. The lowest BCUT2D eigenvalue weighted by Crippen LogP contribution is -2.15. The van der Waals surface area contributed by atoms with Crippen molar-refractivity contribution in [2.45, 2.75) is 6.92 Å². The van der Waals surface area contributed by atoms with Gasteiger partial charge >= 0.3 is 0 Å². The second-order valence-electron chi connectivity index (χ2n) is 6.71. The Labute approximate surface area is 167 Å². The Morgan fingerprint density at radius 2 is 1.72 bits per heavy atom. The predicted octanol–water partition coefficient (Wildman–Crippen LogP) is 4.59. The van der Waals surface area contributed by atoms with E-state index < -0.39 is 0 Å².